The Labute approximate surface area is 92.9 Å². The van der Waals surface area contributed by atoms with Crippen LogP contribution in [0.2, 0.25) is 0 Å². The number of likely N-dealkylation sites (N-methyl/N-ethyl adjacent to an activating group) is 1. The van der Waals surface area contributed by atoms with Gasteiger partial charge in [-0.15, -0.1) is 0 Å². The Bertz CT molecular complexity index is 414. The van der Waals surface area contributed by atoms with Crippen LogP contribution in [0.3, 0.4) is 0 Å². The molecule has 5 heteroatoms. The van der Waals surface area contributed by atoms with Gasteiger partial charge in [0.05, 0.1) is 0 Å². The van der Waals surface area contributed by atoms with Crippen molar-refractivity contribution < 1.29 is 14.7 Å². The lowest BCUT2D eigenvalue weighted by Gasteiger charge is -2.09. The van der Waals surface area contributed by atoms with Crippen LogP contribution < -0.4 is 0 Å². The quantitative estimate of drug-likeness (QED) is 0.589. The molecule has 1 atom stereocenters. The molecule has 84 valence electrons. The van der Waals surface area contributed by atoms with E-state index in [1.165, 1.54) is 7.05 Å². The Balaban J connectivity index is 2.16. The maximum Gasteiger partial charge on any atom is 0.274 e. The van der Waals surface area contributed by atoms with Crippen molar-refractivity contribution in [2.45, 2.75) is 6.04 Å². The molecule has 0 fully saturated rings. The molecule has 1 N–H and O–H groups in total. The Kier molecular flexibility index (Phi) is 2.87. The Morgan fingerprint density at radius 2 is 2.19 bits per heavy atom. The number of hydrogen-bond acceptors (Lipinski definition) is 4. The zero-order chi connectivity index (χ0) is 11.5. The summed E-state index contributed by atoms with van der Waals surface area (Å²) in [6.45, 7) is 0.175. The van der Waals surface area contributed by atoms with Gasteiger partial charge in [-0.05, 0) is 12.1 Å². The molecule has 1 aromatic rings. The number of carbonyl (C=O) groups excluding carboxylic acids is 1. The predicted octanol–water partition coefficient (Wildman–Crippen LogP) is 0.680. The fraction of sp³-hybridized carbons (Fsp3) is 0.273. The number of hydroxylamine groups is 2. The number of nitrogens with zero attached hydrogens (tertiary/aromatic N) is 2. The number of benzene rings is 1. The SMILES string of the molecule is CN(O)C(=O)[C@H]1COC(c2ccccc2)=N1. The molecule has 0 aliphatic carbocycles. The fourth-order valence-corrected chi connectivity index (χ4v) is 1.45. The van der Waals surface area contributed by atoms with E-state index in [1.54, 1.807) is 0 Å². The van der Waals surface area contributed by atoms with Crippen molar-refractivity contribution in [1.82, 2.24) is 5.06 Å². The van der Waals surface area contributed by atoms with Crippen LogP contribution in [0.1, 0.15) is 5.56 Å². The van der Waals surface area contributed by atoms with E-state index in [-0.39, 0.29) is 6.61 Å². The Hall–Kier alpha value is -1.88. The lowest BCUT2D eigenvalue weighted by Crippen LogP contribution is -2.33. The molecular formula is C11H12N2O3. The smallest absolute Gasteiger partial charge is 0.274 e. The van der Waals surface area contributed by atoms with E-state index in [1.807, 2.05) is 30.3 Å². The molecule has 0 aromatic heterocycles. The van der Waals surface area contributed by atoms with Gasteiger partial charge in [0.25, 0.3) is 5.91 Å². The maximum atomic E-state index is 11.4. The van der Waals surface area contributed by atoms with E-state index >= 15 is 0 Å². The molecular weight excluding hydrogens is 208 g/mol. The van der Waals surface area contributed by atoms with Crippen LogP contribution in [-0.4, -0.2) is 41.8 Å². The monoisotopic (exact) mass is 220 g/mol. The summed E-state index contributed by atoms with van der Waals surface area (Å²) in [6.07, 6.45) is 0. The zero-order valence-corrected chi connectivity index (χ0v) is 8.83. The number of hydrogen-bond donors (Lipinski definition) is 1. The van der Waals surface area contributed by atoms with Gasteiger partial charge in [-0.1, -0.05) is 18.2 Å². The number of ether oxygens (including phenoxy) is 1. The van der Waals surface area contributed by atoms with Gasteiger partial charge in [0, 0.05) is 12.6 Å². The molecule has 0 saturated carbocycles. The van der Waals surface area contributed by atoms with Crippen molar-refractivity contribution >= 4 is 11.8 Å². The highest BCUT2D eigenvalue weighted by Crippen LogP contribution is 2.12. The van der Waals surface area contributed by atoms with Crippen molar-refractivity contribution in [1.29, 1.82) is 0 Å². The van der Waals surface area contributed by atoms with E-state index in [2.05, 4.69) is 4.99 Å². The largest absolute Gasteiger partial charge is 0.475 e. The highest BCUT2D eigenvalue weighted by molar-refractivity contribution is 5.98. The van der Waals surface area contributed by atoms with Gasteiger partial charge in [0.1, 0.15) is 6.61 Å². The van der Waals surface area contributed by atoms with Crippen LogP contribution in [0.5, 0.6) is 0 Å². The first-order chi connectivity index (χ1) is 7.68. The van der Waals surface area contributed by atoms with Gasteiger partial charge < -0.3 is 4.74 Å². The first kappa shape index (κ1) is 10.6. The normalized spacial score (nSPS) is 18.9. The first-order valence-electron chi connectivity index (χ1n) is 4.91. The Morgan fingerprint density at radius 1 is 1.50 bits per heavy atom. The molecule has 1 aliphatic heterocycles. The van der Waals surface area contributed by atoms with E-state index in [4.69, 9.17) is 9.94 Å². The second-order valence-electron chi connectivity index (χ2n) is 3.49. The van der Waals surface area contributed by atoms with Gasteiger partial charge in [-0.3, -0.25) is 10.0 Å². The second kappa shape index (κ2) is 4.32. The summed E-state index contributed by atoms with van der Waals surface area (Å²) in [5.74, 6) is -0.0215. The van der Waals surface area contributed by atoms with E-state index in [9.17, 15) is 4.79 Å². The number of amides is 1. The summed E-state index contributed by atoms with van der Waals surface area (Å²) in [4.78, 5) is 15.5. The minimum absolute atomic E-state index is 0.175. The minimum atomic E-state index is -0.648. The topological polar surface area (TPSA) is 62.1 Å². The van der Waals surface area contributed by atoms with Crippen molar-refractivity contribution in [3.8, 4) is 0 Å². The van der Waals surface area contributed by atoms with Crippen molar-refractivity contribution in [3.05, 3.63) is 35.9 Å². The molecule has 1 aromatic carbocycles. The van der Waals surface area contributed by atoms with Crippen LogP contribution in [-0.2, 0) is 9.53 Å². The third-order valence-corrected chi connectivity index (χ3v) is 2.28. The third kappa shape index (κ3) is 2.04. The highest BCUT2D eigenvalue weighted by Gasteiger charge is 2.28. The number of carbonyl (C=O) groups is 1. The number of rotatable bonds is 2. The molecule has 5 nitrogen and oxygen atoms in total. The van der Waals surface area contributed by atoms with Gasteiger partial charge >= 0.3 is 0 Å². The third-order valence-electron chi connectivity index (χ3n) is 2.28. The zero-order valence-electron chi connectivity index (χ0n) is 8.83. The van der Waals surface area contributed by atoms with Crippen LogP contribution in [0, 0.1) is 0 Å². The molecule has 0 bridgehead atoms. The average Bonchev–Trinajstić information content (AvgIpc) is 2.78. The maximum absolute atomic E-state index is 11.4. The van der Waals surface area contributed by atoms with Gasteiger partial charge in [-0.25, -0.2) is 10.1 Å². The second-order valence-corrected chi connectivity index (χ2v) is 3.49. The molecule has 0 unspecified atom stereocenters. The minimum Gasteiger partial charge on any atom is -0.475 e. The molecule has 0 radical (unpaired) electrons. The summed E-state index contributed by atoms with van der Waals surface area (Å²) in [7, 11) is 1.28. The van der Waals surface area contributed by atoms with Crippen molar-refractivity contribution in [2.75, 3.05) is 13.7 Å². The average molecular weight is 220 g/mol. The lowest BCUT2D eigenvalue weighted by molar-refractivity contribution is -0.160. The predicted molar refractivity (Wildman–Crippen MR) is 57.3 cm³/mol. The number of aliphatic imine (C=N–C) groups is 1. The molecule has 16 heavy (non-hydrogen) atoms. The molecule has 1 heterocycles. The van der Waals surface area contributed by atoms with Gasteiger partial charge in [0.2, 0.25) is 5.90 Å². The van der Waals surface area contributed by atoms with Crippen molar-refractivity contribution in [3.63, 3.8) is 0 Å². The standard InChI is InChI=1S/C11H12N2O3/c1-13(15)11(14)9-7-16-10(12-9)8-5-3-2-4-6-8/h2-6,9,15H,7H2,1H3/t9-/m1/s1. The van der Waals surface area contributed by atoms with Crippen LogP contribution in [0.25, 0.3) is 0 Å². The fourth-order valence-electron chi connectivity index (χ4n) is 1.45. The molecule has 0 saturated heterocycles. The molecule has 2 rings (SSSR count). The lowest BCUT2D eigenvalue weighted by atomic mass is 10.2. The molecule has 1 amide bonds. The van der Waals surface area contributed by atoms with E-state index < -0.39 is 11.9 Å². The first-order valence-corrected chi connectivity index (χ1v) is 4.91. The van der Waals surface area contributed by atoms with Gasteiger partial charge in [-0.2, -0.15) is 0 Å². The van der Waals surface area contributed by atoms with E-state index in [0.29, 0.717) is 11.0 Å². The summed E-state index contributed by atoms with van der Waals surface area (Å²) in [6, 6.07) is 8.69. The summed E-state index contributed by atoms with van der Waals surface area (Å²) >= 11 is 0. The van der Waals surface area contributed by atoms with Crippen LogP contribution in [0.4, 0.5) is 0 Å². The van der Waals surface area contributed by atoms with Crippen molar-refractivity contribution in [2.24, 2.45) is 4.99 Å². The van der Waals surface area contributed by atoms with E-state index in [0.717, 1.165) is 5.56 Å². The molecule has 1 aliphatic rings. The van der Waals surface area contributed by atoms with Gasteiger partial charge in [0.15, 0.2) is 6.04 Å². The van der Waals surface area contributed by atoms with Crippen LogP contribution in [0.15, 0.2) is 35.3 Å². The summed E-state index contributed by atoms with van der Waals surface area (Å²) < 4.78 is 5.31. The summed E-state index contributed by atoms with van der Waals surface area (Å²) in [5, 5.41) is 9.53. The molecule has 0 spiro atoms. The highest BCUT2D eigenvalue weighted by atomic mass is 16.5. The Morgan fingerprint density at radius 3 is 2.81 bits per heavy atom. The summed E-state index contributed by atoms with van der Waals surface area (Å²) in [5.41, 5.74) is 0.832. The van der Waals surface area contributed by atoms with Crippen LogP contribution >= 0.6 is 0 Å².